The van der Waals surface area contributed by atoms with E-state index in [0.717, 1.165) is 31.4 Å². The minimum absolute atomic E-state index is 0.160. The zero-order valence-electron chi connectivity index (χ0n) is 12.8. The van der Waals surface area contributed by atoms with Crippen LogP contribution in [-0.4, -0.2) is 13.3 Å². The number of nitrogens with two attached hydrogens (primary N) is 1. The molecule has 0 spiro atoms. The quantitative estimate of drug-likeness (QED) is 0.794. The molecule has 0 fully saturated rings. The predicted molar refractivity (Wildman–Crippen MR) is 87.9 cm³/mol. The largest absolute Gasteiger partial charge is 0.467 e. The second-order valence-corrected chi connectivity index (χ2v) is 5.65. The average molecular weight is 297 g/mol. The highest BCUT2D eigenvalue weighted by molar-refractivity contribution is 5.34. The molecule has 0 aliphatic heterocycles. The van der Waals surface area contributed by atoms with Gasteiger partial charge in [-0.1, -0.05) is 42.5 Å². The summed E-state index contributed by atoms with van der Waals surface area (Å²) >= 11 is 0. The average Bonchev–Trinajstić information content (AvgIpc) is 2.97. The second-order valence-electron chi connectivity index (χ2n) is 5.65. The summed E-state index contributed by atoms with van der Waals surface area (Å²) in [4.78, 5) is 0. The molecule has 116 valence electrons. The topological polar surface area (TPSA) is 44.5 Å². The van der Waals surface area contributed by atoms with Crippen LogP contribution in [0.3, 0.4) is 0 Å². The third kappa shape index (κ3) is 3.49. The standard InChI is InChI=1S/C19H23NO2/c20-13-5-8-16-7-2-4-10-18(16)21-14-22-19-12-11-15-6-1-3-9-17(15)19/h1-4,6-7,9-10,19H,5,8,11-14,20H2. The molecule has 3 heteroatoms. The van der Waals surface area contributed by atoms with Crippen LogP contribution in [0.1, 0.15) is 35.6 Å². The van der Waals surface area contributed by atoms with E-state index in [9.17, 15) is 0 Å². The Kier molecular flexibility index (Phi) is 5.09. The van der Waals surface area contributed by atoms with Gasteiger partial charge in [0.15, 0.2) is 6.79 Å². The van der Waals surface area contributed by atoms with Crippen LogP contribution in [0.2, 0.25) is 0 Å². The summed E-state index contributed by atoms with van der Waals surface area (Å²) in [6.07, 6.45) is 4.20. The molecule has 2 aromatic carbocycles. The van der Waals surface area contributed by atoms with E-state index < -0.39 is 0 Å². The van der Waals surface area contributed by atoms with Gasteiger partial charge in [-0.25, -0.2) is 0 Å². The van der Waals surface area contributed by atoms with Gasteiger partial charge in [-0.05, 0) is 55.0 Å². The van der Waals surface area contributed by atoms with Gasteiger partial charge in [-0.15, -0.1) is 0 Å². The van der Waals surface area contributed by atoms with Crippen molar-refractivity contribution in [1.29, 1.82) is 0 Å². The number of aryl methyl sites for hydroxylation is 2. The van der Waals surface area contributed by atoms with Crippen molar-refractivity contribution in [3.05, 3.63) is 65.2 Å². The molecule has 0 bridgehead atoms. The lowest BCUT2D eigenvalue weighted by Gasteiger charge is -2.15. The Morgan fingerprint density at radius 3 is 2.77 bits per heavy atom. The first-order valence-corrected chi connectivity index (χ1v) is 7.98. The molecule has 0 saturated heterocycles. The molecule has 0 radical (unpaired) electrons. The van der Waals surface area contributed by atoms with Crippen molar-refractivity contribution < 1.29 is 9.47 Å². The van der Waals surface area contributed by atoms with E-state index in [1.54, 1.807) is 0 Å². The van der Waals surface area contributed by atoms with Crippen molar-refractivity contribution in [2.75, 3.05) is 13.3 Å². The van der Waals surface area contributed by atoms with Gasteiger partial charge in [-0.3, -0.25) is 0 Å². The first-order valence-electron chi connectivity index (χ1n) is 7.98. The maximum atomic E-state index is 5.95. The smallest absolute Gasteiger partial charge is 0.189 e. The van der Waals surface area contributed by atoms with E-state index in [-0.39, 0.29) is 6.10 Å². The van der Waals surface area contributed by atoms with Crippen LogP contribution in [0.5, 0.6) is 5.75 Å². The highest BCUT2D eigenvalue weighted by atomic mass is 16.7. The third-order valence-corrected chi connectivity index (χ3v) is 4.18. The van der Waals surface area contributed by atoms with Crippen LogP contribution < -0.4 is 10.5 Å². The summed E-state index contributed by atoms with van der Waals surface area (Å²) in [5, 5.41) is 0. The van der Waals surface area contributed by atoms with Gasteiger partial charge < -0.3 is 15.2 Å². The summed E-state index contributed by atoms with van der Waals surface area (Å²) in [6, 6.07) is 16.6. The monoisotopic (exact) mass is 297 g/mol. The molecule has 1 unspecified atom stereocenters. The Labute approximate surface area is 132 Å². The molecule has 2 N–H and O–H groups in total. The first kappa shape index (κ1) is 15.1. The summed E-state index contributed by atoms with van der Waals surface area (Å²) < 4.78 is 11.8. The highest BCUT2D eigenvalue weighted by Crippen LogP contribution is 2.33. The van der Waals surface area contributed by atoms with Gasteiger partial charge in [0.1, 0.15) is 5.75 Å². The zero-order valence-corrected chi connectivity index (χ0v) is 12.8. The summed E-state index contributed by atoms with van der Waals surface area (Å²) in [5.41, 5.74) is 9.49. The predicted octanol–water partition coefficient (Wildman–Crippen LogP) is 3.62. The number of rotatable bonds is 7. The summed E-state index contributed by atoms with van der Waals surface area (Å²) in [7, 11) is 0. The molecule has 22 heavy (non-hydrogen) atoms. The molecule has 3 nitrogen and oxygen atoms in total. The molecular formula is C19H23NO2. The lowest BCUT2D eigenvalue weighted by molar-refractivity contribution is -0.0369. The molecule has 2 aromatic rings. The molecule has 1 aliphatic carbocycles. The van der Waals surface area contributed by atoms with Crippen LogP contribution in [-0.2, 0) is 17.6 Å². The Hall–Kier alpha value is -1.84. The van der Waals surface area contributed by atoms with Crippen molar-refractivity contribution in [2.45, 2.75) is 31.8 Å². The van der Waals surface area contributed by atoms with Gasteiger partial charge in [-0.2, -0.15) is 0 Å². The Balaban J connectivity index is 1.56. The Morgan fingerprint density at radius 2 is 1.86 bits per heavy atom. The number of hydrogen-bond donors (Lipinski definition) is 1. The summed E-state index contributed by atoms with van der Waals surface area (Å²) in [6.45, 7) is 0.988. The molecule has 1 atom stereocenters. The SMILES string of the molecule is NCCCc1ccccc1OCOC1CCc2ccccc21. The second kappa shape index (κ2) is 7.43. The highest BCUT2D eigenvalue weighted by Gasteiger charge is 2.22. The molecule has 0 saturated carbocycles. The lowest BCUT2D eigenvalue weighted by atomic mass is 10.1. The number of benzene rings is 2. The van der Waals surface area contributed by atoms with Crippen LogP contribution in [0.4, 0.5) is 0 Å². The van der Waals surface area contributed by atoms with Gasteiger partial charge in [0.05, 0.1) is 6.10 Å². The van der Waals surface area contributed by atoms with Crippen molar-refractivity contribution in [3.8, 4) is 5.75 Å². The minimum atomic E-state index is 0.160. The van der Waals surface area contributed by atoms with Crippen molar-refractivity contribution in [2.24, 2.45) is 5.73 Å². The zero-order chi connectivity index (χ0) is 15.2. The van der Waals surface area contributed by atoms with Crippen LogP contribution in [0, 0.1) is 0 Å². The summed E-state index contributed by atoms with van der Waals surface area (Å²) in [5.74, 6) is 0.905. The first-order chi connectivity index (χ1) is 10.9. The van der Waals surface area contributed by atoms with Crippen molar-refractivity contribution in [3.63, 3.8) is 0 Å². The Bertz CT molecular complexity index is 612. The molecule has 3 rings (SSSR count). The molecule has 1 aliphatic rings. The fraction of sp³-hybridized carbons (Fsp3) is 0.368. The molecule has 0 amide bonds. The fourth-order valence-corrected chi connectivity index (χ4v) is 3.01. The van der Waals surface area contributed by atoms with Crippen molar-refractivity contribution >= 4 is 0 Å². The van der Waals surface area contributed by atoms with Gasteiger partial charge in [0.2, 0.25) is 0 Å². The minimum Gasteiger partial charge on any atom is -0.467 e. The van der Waals surface area contributed by atoms with E-state index in [2.05, 4.69) is 30.3 Å². The van der Waals surface area contributed by atoms with Crippen LogP contribution in [0.25, 0.3) is 0 Å². The number of ether oxygens (including phenoxy) is 2. The van der Waals surface area contributed by atoms with E-state index in [0.29, 0.717) is 13.3 Å². The van der Waals surface area contributed by atoms with E-state index in [1.807, 2.05) is 18.2 Å². The van der Waals surface area contributed by atoms with Gasteiger partial charge >= 0.3 is 0 Å². The number of hydrogen-bond acceptors (Lipinski definition) is 3. The van der Waals surface area contributed by atoms with E-state index >= 15 is 0 Å². The normalized spacial score (nSPS) is 16.5. The van der Waals surface area contributed by atoms with Gasteiger partial charge in [0, 0.05) is 0 Å². The third-order valence-electron chi connectivity index (χ3n) is 4.18. The van der Waals surface area contributed by atoms with E-state index in [4.69, 9.17) is 15.2 Å². The fourth-order valence-electron chi connectivity index (χ4n) is 3.01. The maximum absolute atomic E-state index is 5.95. The van der Waals surface area contributed by atoms with E-state index in [1.165, 1.54) is 16.7 Å². The molecule has 0 aromatic heterocycles. The molecule has 0 heterocycles. The van der Waals surface area contributed by atoms with Crippen molar-refractivity contribution in [1.82, 2.24) is 0 Å². The lowest BCUT2D eigenvalue weighted by Crippen LogP contribution is -2.09. The number of para-hydroxylation sites is 1. The Morgan fingerprint density at radius 1 is 1.05 bits per heavy atom. The molecular weight excluding hydrogens is 274 g/mol. The number of fused-ring (bicyclic) bond motifs is 1. The van der Waals surface area contributed by atoms with Gasteiger partial charge in [0.25, 0.3) is 0 Å². The van der Waals surface area contributed by atoms with Crippen LogP contribution in [0.15, 0.2) is 48.5 Å². The maximum Gasteiger partial charge on any atom is 0.189 e. The van der Waals surface area contributed by atoms with Crippen LogP contribution >= 0.6 is 0 Å².